The molecule has 0 saturated carbocycles. The van der Waals surface area contributed by atoms with E-state index in [1.165, 1.54) is 33.1 Å². The summed E-state index contributed by atoms with van der Waals surface area (Å²) in [6.07, 6.45) is 6.42. The van der Waals surface area contributed by atoms with Crippen LogP contribution in [0, 0.1) is 0 Å². The van der Waals surface area contributed by atoms with Crippen LogP contribution in [-0.4, -0.2) is 24.5 Å². The minimum atomic E-state index is 0.653. The molecule has 0 unspecified atom stereocenters. The summed E-state index contributed by atoms with van der Waals surface area (Å²) in [5.74, 6) is 1.97. The summed E-state index contributed by atoms with van der Waals surface area (Å²) >= 11 is 1.73. The van der Waals surface area contributed by atoms with Crippen molar-refractivity contribution < 1.29 is 0 Å². The first-order valence-electron chi connectivity index (χ1n) is 15.4. The molecule has 9 rings (SSSR count). The zero-order chi connectivity index (χ0) is 30.5. The molecule has 0 N–H and O–H groups in total. The Morgan fingerprint density at radius 3 is 1.65 bits per heavy atom. The van der Waals surface area contributed by atoms with Gasteiger partial charge in [-0.15, -0.1) is 11.3 Å². The second-order valence-electron chi connectivity index (χ2n) is 11.5. The molecule has 8 aromatic rings. The van der Waals surface area contributed by atoms with E-state index in [0.717, 1.165) is 44.8 Å². The van der Waals surface area contributed by atoms with Crippen molar-refractivity contribution in [3.63, 3.8) is 0 Å². The Bertz CT molecular complexity index is 2360. The molecular formula is C40H27N5S. The van der Waals surface area contributed by atoms with E-state index in [-0.39, 0.29) is 0 Å². The smallest absolute Gasteiger partial charge is 0.164 e. The van der Waals surface area contributed by atoms with Crippen molar-refractivity contribution in [3.05, 3.63) is 145 Å². The minimum Gasteiger partial charge on any atom is -0.313 e. The van der Waals surface area contributed by atoms with Crippen molar-refractivity contribution in [1.29, 1.82) is 0 Å². The Morgan fingerprint density at radius 2 is 1.07 bits per heavy atom. The number of nitrogens with zero attached hydrogens (tertiary/aromatic N) is 5. The van der Waals surface area contributed by atoms with E-state index in [2.05, 4.69) is 83.4 Å². The topological polar surface area (TPSA) is 56.5 Å². The van der Waals surface area contributed by atoms with Gasteiger partial charge in [0.05, 0.1) is 21.3 Å². The van der Waals surface area contributed by atoms with Crippen molar-refractivity contribution in [2.24, 2.45) is 0 Å². The first-order chi connectivity index (χ1) is 22.8. The van der Waals surface area contributed by atoms with Gasteiger partial charge in [0.2, 0.25) is 0 Å². The Kier molecular flexibility index (Phi) is 6.39. The zero-order valence-electron chi connectivity index (χ0n) is 24.8. The van der Waals surface area contributed by atoms with Crippen LogP contribution < -0.4 is 0 Å². The highest BCUT2D eigenvalue weighted by molar-refractivity contribution is 7.19. The Labute approximate surface area is 269 Å². The third-order valence-corrected chi connectivity index (χ3v) is 9.71. The number of allylic oxidation sites excluding steroid dienone is 4. The molecule has 0 spiro atoms. The first kappa shape index (κ1) is 26.7. The second-order valence-corrected chi connectivity index (χ2v) is 12.5. The summed E-state index contributed by atoms with van der Waals surface area (Å²) in [6.45, 7) is 0. The molecule has 0 amide bonds. The lowest BCUT2D eigenvalue weighted by molar-refractivity contribution is 0.990. The van der Waals surface area contributed by atoms with E-state index >= 15 is 0 Å². The van der Waals surface area contributed by atoms with Crippen molar-refractivity contribution in [2.45, 2.75) is 12.8 Å². The van der Waals surface area contributed by atoms with E-state index in [1.54, 1.807) is 11.3 Å². The van der Waals surface area contributed by atoms with Crippen molar-refractivity contribution in [2.75, 3.05) is 0 Å². The number of benzene rings is 5. The van der Waals surface area contributed by atoms with Crippen LogP contribution in [0.2, 0.25) is 0 Å². The fourth-order valence-electron chi connectivity index (χ4n) is 6.36. The molecule has 0 bridgehead atoms. The number of thiazole rings is 1. The van der Waals surface area contributed by atoms with Crippen LogP contribution in [0.4, 0.5) is 0 Å². The first-order valence-corrected chi connectivity index (χ1v) is 16.3. The normalized spacial score (nSPS) is 13.3. The second kappa shape index (κ2) is 11.0. The average Bonchev–Trinajstić information content (AvgIpc) is 3.71. The number of hydrogen-bond acceptors (Lipinski definition) is 5. The van der Waals surface area contributed by atoms with E-state index in [4.69, 9.17) is 19.9 Å². The molecule has 0 aliphatic heterocycles. The molecular weight excluding hydrogens is 583 g/mol. The van der Waals surface area contributed by atoms with Crippen LogP contribution in [0.15, 0.2) is 140 Å². The highest BCUT2D eigenvalue weighted by Crippen LogP contribution is 2.38. The highest BCUT2D eigenvalue weighted by Gasteiger charge is 2.19. The quantitative estimate of drug-likeness (QED) is 0.195. The van der Waals surface area contributed by atoms with Gasteiger partial charge >= 0.3 is 0 Å². The number of hydrogen-bond donors (Lipinski definition) is 0. The van der Waals surface area contributed by atoms with Gasteiger partial charge in [0.1, 0.15) is 5.01 Å². The molecule has 218 valence electrons. The fraction of sp³-hybridized carbons (Fsp3) is 0.0500. The van der Waals surface area contributed by atoms with Crippen molar-refractivity contribution in [3.8, 4) is 34.2 Å². The lowest BCUT2D eigenvalue weighted by Crippen LogP contribution is -2.01. The number of para-hydroxylation sites is 2. The largest absolute Gasteiger partial charge is 0.313 e. The number of rotatable bonds is 5. The summed E-state index contributed by atoms with van der Waals surface area (Å²) in [6, 6.07) is 43.9. The Morgan fingerprint density at radius 1 is 0.500 bits per heavy atom. The minimum absolute atomic E-state index is 0.653. The molecule has 0 fully saturated rings. The summed E-state index contributed by atoms with van der Waals surface area (Å²) in [5, 5.41) is 3.65. The lowest BCUT2D eigenvalue weighted by Gasteiger charge is -2.16. The molecule has 0 radical (unpaired) electrons. The molecule has 6 heteroatoms. The molecule has 3 heterocycles. The fourth-order valence-corrected chi connectivity index (χ4v) is 7.42. The summed E-state index contributed by atoms with van der Waals surface area (Å²) in [5.41, 5.74) is 8.94. The van der Waals surface area contributed by atoms with Crippen LogP contribution in [0.25, 0.3) is 77.5 Å². The molecule has 5 nitrogen and oxygen atoms in total. The molecule has 0 atom stereocenters. The molecule has 5 aromatic carbocycles. The third kappa shape index (κ3) is 4.62. The standard InChI is InChI=1S/C40H27N5S/c1-3-11-26(12-4-1)37-42-38(27-13-5-2-6-14-27)44-39(43-37)29-21-24-33-36(25-29)46-40(41-33)28-19-22-30(23-20-28)45-34-17-9-7-15-31(34)32-16-8-10-18-35(32)45/h1-19,21-22,24-25H,20,23H2. The predicted molar refractivity (Wildman–Crippen MR) is 190 cm³/mol. The van der Waals surface area contributed by atoms with Gasteiger partial charge in [-0.25, -0.2) is 19.9 Å². The van der Waals surface area contributed by atoms with Crippen LogP contribution in [0.5, 0.6) is 0 Å². The van der Waals surface area contributed by atoms with Crippen molar-refractivity contribution in [1.82, 2.24) is 24.5 Å². The molecule has 1 aliphatic carbocycles. The van der Waals surface area contributed by atoms with Gasteiger partial charge in [0, 0.05) is 33.2 Å². The monoisotopic (exact) mass is 609 g/mol. The van der Waals surface area contributed by atoms with Gasteiger partial charge < -0.3 is 4.57 Å². The van der Waals surface area contributed by atoms with Crippen LogP contribution in [0.3, 0.4) is 0 Å². The van der Waals surface area contributed by atoms with Gasteiger partial charge in [-0.05, 0) is 54.8 Å². The van der Waals surface area contributed by atoms with Gasteiger partial charge in [-0.3, -0.25) is 0 Å². The maximum absolute atomic E-state index is 5.05. The zero-order valence-corrected chi connectivity index (χ0v) is 25.7. The highest BCUT2D eigenvalue weighted by atomic mass is 32.1. The van der Waals surface area contributed by atoms with Crippen LogP contribution in [-0.2, 0) is 0 Å². The van der Waals surface area contributed by atoms with E-state index in [9.17, 15) is 0 Å². The van der Waals surface area contributed by atoms with Gasteiger partial charge in [-0.2, -0.15) is 0 Å². The van der Waals surface area contributed by atoms with Crippen LogP contribution >= 0.6 is 11.3 Å². The maximum Gasteiger partial charge on any atom is 0.164 e. The maximum atomic E-state index is 5.05. The molecule has 1 aliphatic rings. The Balaban J connectivity index is 1.09. The molecule has 3 aromatic heterocycles. The summed E-state index contributed by atoms with van der Waals surface area (Å²) in [4.78, 5) is 19.7. The van der Waals surface area contributed by atoms with Crippen LogP contribution in [0.1, 0.15) is 17.8 Å². The van der Waals surface area contributed by atoms with E-state index in [0.29, 0.717) is 17.5 Å². The van der Waals surface area contributed by atoms with Gasteiger partial charge in [0.15, 0.2) is 17.5 Å². The lowest BCUT2D eigenvalue weighted by atomic mass is 10.0. The molecule has 0 saturated heterocycles. The van der Waals surface area contributed by atoms with Gasteiger partial charge in [0.25, 0.3) is 0 Å². The third-order valence-electron chi connectivity index (χ3n) is 8.62. The molecule has 46 heavy (non-hydrogen) atoms. The summed E-state index contributed by atoms with van der Waals surface area (Å²) < 4.78 is 3.54. The number of fused-ring (bicyclic) bond motifs is 4. The predicted octanol–water partition coefficient (Wildman–Crippen LogP) is 10.3. The Hall–Kier alpha value is -5.72. The van der Waals surface area contributed by atoms with E-state index < -0.39 is 0 Å². The number of aromatic nitrogens is 5. The van der Waals surface area contributed by atoms with E-state index in [1.807, 2.05) is 60.7 Å². The van der Waals surface area contributed by atoms with Crippen molar-refractivity contribution >= 4 is 54.6 Å². The van der Waals surface area contributed by atoms with Gasteiger partial charge in [-0.1, -0.05) is 103 Å². The summed E-state index contributed by atoms with van der Waals surface area (Å²) in [7, 11) is 0. The SMILES string of the molecule is C1=C(c2nc3ccc(-c4nc(-c5ccccc5)nc(-c5ccccc5)n4)cc3s2)CCC(n2c3ccccc3c3ccccc32)=C1. The average molecular weight is 610 g/mol.